The Morgan fingerprint density at radius 1 is 1.06 bits per heavy atom. The van der Waals surface area contributed by atoms with Gasteiger partial charge in [0.15, 0.2) is 11.5 Å². The number of ether oxygens (including phenoxy) is 2. The zero-order valence-electron chi connectivity index (χ0n) is 8.84. The highest BCUT2D eigenvalue weighted by atomic mass is 32.2. The van der Waals surface area contributed by atoms with Crippen LogP contribution in [0.1, 0.15) is 0 Å². The molecule has 0 atom stereocenters. The number of fused-ring (bicyclic) bond motifs is 1. The normalized spacial score (nSPS) is 18.7. The average Bonchev–Trinajstić information content (AvgIpc) is 2.76. The van der Waals surface area contributed by atoms with Gasteiger partial charge in [-0.25, -0.2) is 4.90 Å². The molecule has 0 radical (unpaired) electrons. The van der Waals surface area contributed by atoms with E-state index in [1.807, 2.05) is 0 Å². The molecule has 17 heavy (non-hydrogen) atoms. The summed E-state index contributed by atoms with van der Waals surface area (Å²) in [5.41, 5.74) is 0.546. The van der Waals surface area contributed by atoms with E-state index in [9.17, 15) is 9.59 Å². The van der Waals surface area contributed by atoms with E-state index in [0.29, 0.717) is 28.7 Å². The van der Waals surface area contributed by atoms with Crippen molar-refractivity contribution in [3.8, 4) is 11.5 Å². The van der Waals surface area contributed by atoms with Gasteiger partial charge in [-0.1, -0.05) is 0 Å². The molecule has 0 saturated carbocycles. The molecule has 2 heterocycles. The van der Waals surface area contributed by atoms with Gasteiger partial charge in [-0.05, 0) is 12.1 Å². The first kappa shape index (κ1) is 10.5. The van der Waals surface area contributed by atoms with Crippen LogP contribution in [0.3, 0.4) is 0 Å². The van der Waals surface area contributed by atoms with Gasteiger partial charge in [0.1, 0.15) is 0 Å². The highest BCUT2D eigenvalue weighted by Crippen LogP contribution is 2.36. The van der Waals surface area contributed by atoms with Gasteiger partial charge in [0.2, 0.25) is 18.6 Å². The van der Waals surface area contributed by atoms with Crippen molar-refractivity contribution in [3.63, 3.8) is 0 Å². The van der Waals surface area contributed by atoms with Gasteiger partial charge < -0.3 is 9.47 Å². The molecule has 1 saturated heterocycles. The van der Waals surface area contributed by atoms with Gasteiger partial charge in [0.25, 0.3) is 0 Å². The van der Waals surface area contributed by atoms with Crippen molar-refractivity contribution >= 4 is 29.3 Å². The van der Waals surface area contributed by atoms with Crippen LogP contribution in [0, 0.1) is 0 Å². The molecule has 0 unspecified atom stereocenters. The quantitative estimate of drug-likeness (QED) is 0.697. The molecule has 88 valence electrons. The average molecular weight is 251 g/mol. The monoisotopic (exact) mass is 251 g/mol. The fourth-order valence-electron chi connectivity index (χ4n) is 1.81. The Morgan fingerprint density at radius 3 is 2.53 bits per heavy atom. The molecule has 0 aromatic heterocycles. The zero-order valence-corrected chi connectivity index (χ0v) is 9.66. The summed E-state index contributed by atoms with van der Waals surface area (Å²) in [4.78, 5) is 24.6. The molecule has 0 bridgehead atoms. The second-order valence-electron chi connectivity index (χ2n) is 3.65. The van der Waals surface area contributed by atoms with E-state index in [4.69, 9.17) is 9.47 Å². The van der Waals surface area contributed by atoms with Gasteiger partial charge >= 0.3 is 0 Å². The molecule has 1 aromatic rings. The number of hydrogen-bond donors (Lipinski definition) is 0. The van der Waals surface area contributed by atoms with Gasteiger partial charge in [-0.15, -0.1) is 11.8 Å². The number of nitrogens with zero attached hydrogens (tertiary/aromatic N) is 1. The number of hydrogen-bond acceptors (Lipinski definition) is 5. The van der Waals surface area contributed by atoms with E-state index in [1.165, 1.54) is 16.7 Å². The smallest absolute Gasteiger partial charge is 0.243 e. The second kappa shape index (κ2) is 3.96. The molecule has 0 N–H and O–H groups in total. The van der Waals surface area contributed by atoms with Crippen LogP contribution in [0.2, 0.25) is 0 Å². The summed E-state index contributed by atoms with van der Waals surface area (Å²) in [6.45, 7) is 0.177. The number of imide groups is 1. The topological polar surface area (TPSA) is 55.8 Å². The highest BCUT2D eigenvalue weighted by Gasteiger charge is 2.29. The number of carbonyl (C=O) groups is 2. The molecule has 5 nitrogen and oxygen atoms in total. The standard InChI is InChI=1S/C11H9NO4S/c13-10-4-17-5-11(14)12(10)7-1-2-8-9(3-7)16-6-15-8/h1-3H,4-6H2. The van der Waals surface area contributed by atoms with Gasteiger partial charge in [0.05, 0.1) is 17.2 Å². The summed E-state index contributed by atoms with van der Waals surface area (Å²) in [5, 5.41) is 0. The van der Waals surface area contributed by atoms with Crippen LogP contribution >= 0.6 is 11.8 Å². The third-order valence-electron chi connectivity index (χ3n) is 2.56. The van der Waals surface area contributed by atoms with Crippen LogP contribution in [0.5, 0.6) is 11.5 Å². The Hall–Kier alpha value is -1.69. The van der Waals surface area contributed by atoms with Crippen LogP contribution in [-0.4, -0.2) is 30.1 Å². The fourth-order valence-corrected chi connectivity index (χ4v) is 2.52. The summed E-state index contributed by atoms with van der Waals surface area (Å²) >= 11 is 1.34. The second-order valence-corrected chi connectivity index (χ2v) is 4.64. The van der Waals surface area contributed by atoms with Crippen LogP contribution in [0.25, 0.3) is 0 Å². The summed E-state index contributed by atoms with van der Waals surface area (Å²) in [6.07, 6.45) is 0. The number of thioether (sulfide) groups is 1. The van der Waals surface area contributed by atoms with Gasteiger partial charge in [-0.2, -0.15) is 0 Å². The van der Waals surface area contributed by atoms with E-state index in [-0.39, 0.29) is 18.6 Å². The van der Waals surface area contributed by atoms with E-state index >= 15 is 0 Å². The first-order valence-corrected chi connectivity index (χ1v) is 6.24. The lowest BCUT2D eigenvalue weighted by Crippen LogP contribution is -2.43. The minimum absolute atomic E-state index is 0.177. The Morgan fingerprint density at radius 2 is 1.76 bits per heavy atom. The van der Waals surface area contributed by atoms with Crippen molar-refractivity contribution in [2.24, 2.45) is 0 Å². The lowest BCUT2D eigenvalue weighted by molar-refractivity contribution is -0.124. The van der Waals surface area contributed by atoms with Crippen molar-refractivity contribution in [1.29, 1.82) is 0 Å². The van der Waals surface area contributed by atoms with E-state index < -0.39 is 0 Å². The van der Waals surface area contributed by atoms with Crippen LogP contribution in [0.15, 0.2) is 18.2 Å². The van der Waals surface area contributed by atoms with Crippen molar-refractivity contribution in [2.75, 3.05) is 23.2 Å². The molecule has 2 aliphatic rings. The number of benzene rings is 1. The third kappa shape index (κ3) is 1.74. The molecular formula is C11H9NO4S. The predicted molar refractivity (Wildman–Crippen MR) is 62.4 cm³/mol. The van der Waals surface area contributed by atoms with Crippen LogP contribution in [-0.2, 0) is 9.59 Å². The summed E-state index contributed by atoms with van der Waals surface area (Å²) in [5.74, 6) is 1.50. The Bertz CT molecular complexity index is 486. The zero-order chi connectivity index (χ0) is 11.8. The first-order chi connectivity index (χ1) is 8.25. The Labute approximate surface area is 102 Å². The fraction of sp³-hybridized carbons (Fsp3) is 0.273. The Balaban J connectivity index is 1.97. The van der Waals surface area contributed by atoms with Crippen LogP contribution in [0.4, 0.5) is 5.69 Å². The van der Waals surface area contributed by atoms with Crippen molar-refractivity contribution in [3.05, 3.63) is 18.2 Å². The maximum Gasteiger partial charge on any atom is 0.243 e. The number of carbonyl (C=O) groups excluding carboxylic acids is 2. The molecule has 1 aromatic carbocycles. The lowest BCUT2D eigenvalue weighted by atomic mass is 10.2. The Kier molecular flexibility index (Phi) is 2.44. The minimum atomic E-state index is -0.190. The molecule has 0 spiro atoms. The van der Waals surface area contributed by atoms with Crippen molar-refractivity contribution in [2.45, 2.75) is 0 Å². The maximum absolute atomic E-state index is 11.7. The van der Waals surface area contributed by atoms with Gasteiger partial charge in [-0.3, -0.25) is 9.59 Å². The molecule has 1 fully saturated rings. The molecule has 0 aliphatic carbocycles. The number of rotatable bonds is 1. The van der Waals surface area contributed by atoms with Gasteiger partial charge in [0, 0.05) is 6.07 Å². The highest BCUT2D eigenvalue weighted by molar-refractivity contribution is 8.00. The lowest BCUT2D eigenvalue weighted by Gasteiger charge is -2.24. The maximum atomic E-state index is 11.7. The molecule has 2 amide bonds. The van der Waals surface area contributed by atoms with Crippen LogP contribution < -0.4 is 14.4 Å². The first-order valence-electron chi connectivity index (χ1n) is 5.09. The van der Waals surface area contributed by atoms with E-state index in [1.54, 1.807) is 18.2 Å². The largest absolute Gasteiger partial charge is 0.454 e. The summed E-state index contributed by atoms with van der Waals surface area (Å²) in [6, 6.07) is 5.06. The molecule has 3 rings (SSSR count). The summed E-state index contributed by atoms with van der Waals surface area (Å²) in [7, 11) is 0. The van der Waals surface area contributed by atoms with Crippen molar-refractivity contribution < 1.29 is 19.1 Å². The molecule has 2 aliphatic heterocycles. The predicted octanol–water partition coefficient (Wildman–Crippen LogP) is 1.02. The van der Waals surface area contributed by atoms with E-state index in [2.05, 4.69) is 0 Å². The molecular weight excluding hydrogens is 242 g/mol. The minimum Gasteiger partial charge on any atom is -0.454 e. The summed E-state index contributed by atoms with van der Waals surface area (Å²) < 4.78 is 10.4. The number of amides is 2. The van der Waals surface area contributed by atoms with E-state index in [0.717, 1.165) is 0 Å². The third-order valence-corrected chi connectivity index (χ3v) is 3.47. The van der Waals surface area contributed by atoms with Crippen molar-refractivity contribution in [1.82, 2.24) is 0 Å². The number of anilines is 1. The SMILES string of the molecule is O=C1CSCC(=O)N1c1ccc2c(c1)OCO2. The molecule has 6 heteroatoms.